The zero-order chi connectivity index (χ0) is 20.1. The van der Waals surface area contributed by atoms with Gasteiger partial charge in [0.25, 0.3) is 0 Å². The number of methoxy groups -OCH3 is 1. The van der Waals surface area contributed by atoms with Crippen LogP contribution in [0.4, 0.5) is 0 Å². The van der Waals surface area contributed by atoms with Crippen LogP contribution in [0.3, 0.4) is 0 Å². The summed E-state index contributed by atoms with van der Waals surface area (Å²) in [5, 5.41) is 3.43. The van der Waals surface area contributed by atoms with Crippen LogP contribution in [-0.2, 0) is 27.2 Å². The Morgan fingerprint density at radius 2 is 1.69 bits per heavy atom. The summed E-state index contributed by atoms with van der Waals surface area (Å²) in [5.74, 6) is 1.44. The number of nitrogens with one attached hydrogen (secondary N) is 1. The SMILES string of the molecule is CCCCNCc1ccc(OCc2ccc3c(c2)n(C)c(=O)n3C)c(OC)c1.[Cl-]. The van der Waals surface area contributed by atoms with Crippen molar-refractivity contribution < 1.29 is 21.9 Å². The molecule has 2 aromatic carbocycles. The first kappa shape index (κ1) is 22.8. The first-order valence-corrected chi connectivity index (χ1v) is 9.70. The number of rotatable bonds is 9. The third-order valence-electron chi connectivity index (χ3n) is 5.00. The number of ether oxygens (including phenoxy) is 2. The Morgan fingerprint density at radius 1 is 0.966 bits per heavy atom. The van der Waals surface area contributed by atoms with E-state index in [4.69, 9.17) is 9.47 Å². The van der Waals surface area contributed by atoms with Gasteiger partial charge in [0, 0.05) is 20.6 Å². The van der Waals surface area contributed by atoms with E-state index >= 15 is 0 Å². The molecular formula is C22H29ClN3O3-. The molecule has 0 amide bonds. The van der Waals surface area contributed by atoms with Crippen molar-refractivity contribution in [3.05, 3.63) is 58.0 Å². The second kappa shape index (κ2) is 10.4. The summed E-state index contributed by atoms with van der Waals surface area (Å²) in [4.78, 5) is 12.1. The van der Waals surface area contributed by atoms with Crippen molar-refractivity contribution in [1.82, 2.24) is 14.5 Å². The van der Waals surface area contributed by atoms with Crippen molar-refractivity contribution in [3.63, 3.8) is 0 Å². The van der Waals surface area contributed by atoms with Crippen LogP contribution in [-0.4, -0.2) is 22.8 Å². The molecule has 6 nitrogen and oxygen atoms in total. The van der Waals surface area contributed by atoms with Crippen molar-refractivity contribution in [2.75, 3.05) is 13.7 Å². The lowest BCUT2D eigenvalue weighted by molar-refractivity contribution is -0.00000654. The van der Waals surface area contributed by atoms with Crippen molar-refractivity contribution in [2.45, 2.75) is 32.9 Å². The maximum Gasteiger partial charge on any atom is 0.328 e. The van der Waals surface area contributed by atoms with Gasteiger partial charge < -0.3 is 27.2 Å². The molecule has 0 bridgehead atoms. The summed E-state index contributed by atoms with van der Waals surface area (Å²) in [7, 11) is 5.22. The predicted molar refractivity (Wildman–Crippen MR) is 112 cm³/mol. The summed E-state index contributed by atoms with van der Waals surface area (Å²) < 4.78 is 14.8. The second-order valence-corrected chi connectivity index (χ2v) is 7.03. The number of benzene rings is 2. The molecule has 3 rings (SSSR count). The van der Waals surface area contributed by atoms with Gasteiger partial charge in [-0.15, -0.1) is 0 Å². The lowest BCUT2D eigenvalue weighted by Crippen LogP contribution is -3.00. The zero-order valence-electron chi connectivity index (χ0n) is 17.5. The molecule has 158 valence electrons. The number of hydrogen-bond donors (Lipinski definition) is 1. The highest BCUT2D eigenvalue weighted by molar-refractivity contribution is 5.76. The van der Waals surface area contributed by atoms with Crippen LogP contribution in [0.25, 0.3) is 11.0 Å². The number of halogens is 1. The molecule has 0 spiro atoms. The number of unbranched alkanes of at least 4 members (excludes halogenated alkanes) is 1. The Morgan fingerprint density at radius 3 is 2.41 bits per heavy atom. The fourth-order valence-corrected chi connectivity index (χ4v) is 3.28. The molecule has 1 heterocycles. The first-order valence-electron chi connectivity index (χ1n) is 9.70. The molecule has 29 heavy (non-hydrogen) atoms. The Labute approximate surface area is 177 Å². The van der Waals surface area contributed by atoms with E-state index in [1.54, 1.807) is 30.3 Å². The van der Waals surface area contributed by atoms with Crippen molar-refractivity contribution >= 4 is 11.0 Å². The van der Waals surface area contributed by atoms with Gasteiger partial charge in [-0.3, -0.25) is 9.13 Å². The average Bonchev–Trinajstić information content (AvgIpc) is 2.93. The molecule has 0 atom stereocenters. The standard InChI is InChI=1S/C22H29N3O3.ClH/c1-5-6-11-23-14-16-8-10-20(21(13-16)27-4)28-15-17-7-9-18-19(12-17)25(3)22(26)24(18)2;/h7-10,12-13,23H,5-6,11,14-15H2,1-4H3;1H/p-1. The summed E-state index contributed by atoms with van der Waals surface area (Å²) >= 11 is 0. The molecule has 0 saturated heterocycles. The smallest absolute Gasteiger partial charge is 0.328 e. The molecule has 1 N–H and O–H groups in total. The van der Waals surface area contributed by atoms with Gasteiger partial charge in [0.2, 0.25) is 0 Å². The summed E-state index contributed by atoms with van der Waals surface area (Å²) in [6, 6.07) is 12.0. The van der Waals surface area contributed by atoms with Crippen LogP contribution >= 0.6 is 0 Å². The summed E-state index contributed by atoms with van der Waals surface area (Å²) in [6.45, 7) is 4.42. The van der Waals surface area contributed by atoms with Crippen LogP contribution < -0.4 is 32.9 Å². The lowest BCUT2D eigenvalue weighted by atomic mass is 10.2. The quantitative estimate of drug-likeness (QED) is 0.510. The maximum absolute atomic E-state index is 12.1. The van der Waals surface area contributed by atoms with Crippen LogP contribution in [0.15, 0.2) is 41.2 Å². The molecule has 0 fully saturated rings. The third kappa shape index (κ3) is 5.14. The highest BCUT2D eigenvalue weighted by Crippen LogP contribution is 2.29. The molecular weight excluding hydrogens is 390 g/mol. The topological polar surface area (TPSA) is 57.4 Å². The van der Waals surface area contributed by atoms with Gasteiger partial charge in [-0.2, -0.15) is 0 Å². The summed E-state index contributed by atoms with van der Waals surface area (Å²) in [5.41, 5.74) is 3.95. The summed E-state index contributed by atoms with van der Waals surface area (Å²) in [6.07, 6.45) is 2.36. The van der Waals surface area contributed by atoms with Gasteiger partial charge in [0.05, 0.1) is 18.1 Å². The molecule has 0 aliphatic heterocycles. The van der Waals surface area contributed by atoms with E-state index < -0.39 is 0 Å². The number of fused-ring (bicyclic) bond motifs is 1. The molecule has 0 saturated carbocycles. The highest BCUT2D eigenvalue weighted by atomic mass is 35.5. The maximum atomic E-state index is 12.1. The van der Waals surface area contributed by atoms with Gasteiger partial charge in [-0.05, 0) is 48.4 Å². The Hall–Kier alpha value is -2.44. The first-order chi connectivity index (χ1) is 13.5. The lowest BCUT2D eigenvalue weighted by Gasteiger charge is -2.13. The molecule has 0 radical (unpaired) electrons. The van der Waals surface area contributed by atoms with Gasteiger partial charge in [-0.1, -0.05) is 25.5 Å². The second-order valence-electron chi connectivity index (χ2n) is 7.03. The van der Waals surface area contributed by atoms with Crippen LogP contribution in [0.2, 0.25) is 0 Å². The van der Waals surface area contributed by atoms with Crippen molar-refractivity contribution in [2.24, 2.45) is 14.1 Å². The molecule has 7 heteroatoms. The minimum absolute atomic E-state index is 0. The Kier molecular flexibility index (Phi) is 8.17. The van der Waals surface area contributed by atoms with Gasteiger partial charge in [0.1, 0.15) is 6.61 Å². The van der Waals surface area contributed by atoms with Gasteiger partial charge in [-0.25, -0.2) is 4.79 Å². The van der Waals surface area contributed by atoms with Crippen LogP contribution in [0.5, 0.6) is 11.5 Å². The number of nitrogens with zero attached hydrogens (tertiary/aromatic N) is 2. The Balaban J connectivity index is 0.00000300. The van der Waals surface area contributed by atoms with E-state index in [-0.39, 0.29) is 18.1 Å². The van der Waals surface area contributed by atoms with E-state index in [9.17, 15) is 4.79 Å². The van der Waals surface area contributed by atoms with E-state index in [1.807, 2.05) is 30.3 Å². The predicted octanol–water partition coefficient (Wildman–Crippen LogP) is 0.358. The highest BCUT2D eigenvalue weighted by Gasteiger charge is 2.10. The number of aryl methyl sites for hydroxylation is 2. The third-order valence-corrected chi connectivity index (χ3v) is 5.00. The molecule has 0 unspecified atom stereocenters. The molecule has 0 aliphatic rings. The molecule has 3 aromatic rings. The van der Waals surface area contributed by atoms with E-state index in [1.165, 1.54) is 18.4 Å². The van der Waals surface area contributed by atoms with Crippen LogP contribution in [0, 0.1) is 0 Å². The number of aromatic nitrogens is 2. The van der Waals surface area contributed by atoms with E-state index in [2.05, 4.69) is 18.3 Å². The minimum Gasteiger partial charge on any atom is -1.00 e. The van der Waals surface area contributed by atoms with Gasteiger partial charge in [0.15, 0.2) is 11.5 Å². The van der Waals surface area contributed by atoms with E-state index in [0.29, 0.717) is 12.4 Å². The number of hydrogen-bond acceptors (Lipinski definition) is 4. The minimum atomic E-state index is -0.0297. The average molecular weight is 419 g/mol. The van der Waals surface area contributed by atoms with E-state index in [0.717, 1.165) is 35.4 Å². The van der Waals surface area contributed by atoms with Crippen LogP contribution in [0.1, 0.15) is 30.9 Å². The number of imidazole rings is 1. The monoisotopic (exact) mass is 418 g/mol. The molecule has 0 aliphatic carbocycles. The van der Waals surface area contributed by atoms with Crippen molar-refractivity contribution in [1.29, 1.82) is 0 Å². The fraction of sp³-hybridized carbons (Fsp3) is 0.409. The largest absolute Gasteiger partial charge is 1.00 e. The van der Waals surface area contributed by atoms with Crippen molar-refractivity contribution in [3.8, 4) is 11.5 Å². The zero-order valence-corrected chi connectivity index (χ0v) is 18.3. The Bertz CT molecular complexity index is 1010. The molecule has 1 aromatic heterocycles. The fourth-order valence-electron chi connectivity index (χ4n) is 3.28. The van der Waals surface area contributed by atoms with Gasteiger partial charge >= 0.3 is 5.69 Å². The normalized spacial score (nSPS) is 10.8.